The largest absolute Gasteiger partial charge is 0.489 e. The maximum atomic E-state index is 11.9. The second-order valence-corrected chi connectivity index (χ2v) is 6.10. The lowest BCUT2D eigenvalue weighted by molar-refractivity contribution is -0.145. The summed E-state index contributed by atoms with van der Waals surface area (Å²) in [6.45, 7) is 1.21. The van der Waals surface area contributed by atoms with Crippen LogP contribution in [0.5, 0.6) is 5.75 Å². The summed E-state index contributed by atoms with van der Waals surface area (Å²) in [5.74, 6) is 0.485. The van der Waals surface area contributed by atoms with E-state index in [1.54, 1.807) is 0 Å². The van der Waals surface area contributed by atoms with Gasteiger partial charge < -0.3 is 14.4 Å². The van der Waals surface area contributed by atoms with E-state index in [0.717, 1.165) is 16.9 Å². The molecule has 0 spiro atoms. The van der Waals surface area contributed by atoms with Crippen molar-refractivity contribution in [2.24, 2.45) is 5.92 Å². The van der Waals surface area contributed by atoms with Gasteiger partial charge in [-0.3, -0.25) is 4.79 Å². The highest BCUT2D eigenvalue weighted by molar-refractivity contribution is 5.73. The number of nitrogens with zero attached hydrogens (tertiary/aromatic N) is 1. The fourth-order valence-electron chi connectivity index (χ4n) is 2.58. The molecule has 1 unspecified atom stereocenters. The summed E-state index contributed by atoms with van der Waals surface area (Å²) in [5.41, 5.74) is 2.23. The van der Waals surface area contributed by atoms with Crippen molar-refractivity contribution >= 4 is 5.97 Å². The molecule has 0 saturated carbocycles. The van der Waals surface area contributed by atoms with Gasteiger partial charge in [0.05, 0.1) is 13.0 Å². The van der Waals surface area contributed by atoms with Crippen LogP contribution in [-0.4, -0.2) is 38.6 Å². The summed E-state index contributed by atoms with van der Waals surface area (Å²) < 4.78 is 10.7. The van der Waals surface area contributed by atoms with Crippen LogP contribution in [0.25, 0.3) is 0 Å². The first-order valence-electron chi connectivity index (χ1n) is 8.06. The van der Waals surface area contributed by atoms with Gasteiger partial charge in [-0.05, 0) is 43.8 Å². The van der Waals surface area contributed by atoms with Crippen LogP contribution in [0.3, 0.4) is 0 Å². The molecule has 0 aliphatic heterocycles. The Morgan fingerprint density at radius 2 is 1.67 bits per heavy atom. The third-order valence-electron chi connectivity index (χ3n) is 3.77. The maximum Gasteiger partial charge on any atom is 0.310 e. The Balaban J connectivity index is 1.93. The summed E-state index contributed by atoms with van der Waals surface area (Å²) in [4.78, 5) is 13.9. The van der Waals surface area contributed by atoms with Gasteiger partial charge in [0, 0.05) is 6.54 Å². The number of hydrogen-bond donors (Lipinski definition) is 0. The fraction of sp³-hybridized carbons (Fsp3) is 0.350. The van der Waals surface area contributed by atoms with Gasteiger partial charge >= 0.3 is 5.97 Å². The standard InChI is InChI=1S/C20H25NO3/c1-21(2)14-18(20(22)23-3)13-16-9-11-19(12-10-16)24-15-17-7-5-4-6-8-17/h4-12,18H,13-15H2,1-3H3. The Bertz CT molecular complexity index is 623. The van der Waals surface area contributed by atoms with Crippen LogP contribution in [0.1, 0.15) is 11.1 Å². The number of rotatable bonds is 8. The molecule has 4 nitrogen and oxygen atoms in total. The summed E-state index contributed by atoms with van der Waals surface area (Å²) in [7, 11) is 5.35. The molecule has 0 heterocycles. The zero-order valence-electron chi connectivity index (χ0n) is 14.6. The summed E-state index contributed by atoms with van der Waals surface area (Å²) in [5, 5.41) is 0. The fourth-order valence-corrected chi connectivity index (χ4v) is 2.58. The first-order chi connectivity index (χ1) is 11.6. The molecule has 24 heavy (non-hydrogen) atoms. The van der Waals surface area contributed by atoms with Crippen LogP contribution >= 0.6 is 0 Å². The Kier molecular flexibility index (Phi) is 6.82. The molecule has 0 aliphatic rings. The van der Waals surface area contributed by atoms with Crippen molar-refractivity contribution in [3.63, 3.8) is 0 Å². The minimum absolute atomic E-state index is 0.166. The molecule has 2 rings (SSSR count). The molecule has 0 fully saturated rings. The van der Waals surface area contributed by atoms with E-state index in [-0.39, 0.29) is 11.9 Å². The van der Waals surface area contributed by atoms with Crippen LogP contribution in [0, 0.1) is 5.92 Å². The number of ether oxygens (including phenoxy) is 2. The molecule has 0 aromatic heterocycles. The van der Waals surface area contributed by atoms with Crippen LogP contribution in [-0.2, 0) is 22.6 Å². The van der Waals surface area contributed by atoms with Crippen molar-refractivity contribution in [2.75, 3.05) is 27.7 Å². The lowest BCUT2D eigenvalue weighted by Crippen LogP contribution is -2.30. The van der Waals surface area contributed by atoms with Gasteiger partial charge in [-0.2, -0.15) is 0 Å². The van der Waals surface area contributed by atoms with E-state index in [1.165, 1.54) is 7.11 Å². The SMILES string of the molecule is COC(=O)C(Cc1ccc(OCc2ccccc2)cc1)CN(C)C. The van der Waals surface area contributed by atoms with E-state index >= 15 is 0 Å². The van der Waals surface area contributed by atoms with E-state index < -0.39 is 0 Å². The van der Waals surface area contributed by atoms with Crippen LogP contribution < -0.4 is 4.74 Å². The molecule has 1 atom stereocenters. The Morgan fingerprint density at radius 1 is 1.00 bits per heavy atom. The predicted molar refractivity (Wildman–Crippen MR) is 95.0 cm³/mol. The minimum atomic E-state index is -0.173. The highest BCUT2D eigenvalue weighted by Gasteiger charge is 2.20. The minimum Gasteiger partial charge on any atom is -0.489 e. The van der Waals surface area contributed by atoms with Crippen molar-refractivity contribution in [1.29, 1.82) is 0 Å². The number of benzene rings is 2. The molecule has 4 heteroatoms. The first-order valence-corrected chi connectivity index (χ1v) is 8.06. The number of hydrogen-bond acceptors (Lipinski definition) is 4. The molecule has 0 radical (unpaired) electrons. The number of methoxy groups -OCH3 is 1. The highest BCUT2D eigenvalue weighted by atomic mass is 16.5. The lowest BCUT2D eigenvalue weighted by Gasteiger charge is -2.19. The smallest absolute Gasteiger partial charge is 0.310 e. The van der Waals surface area contributed by atoms with Crippen molar-refractivity contribution < 1.29 is 14.3 Å². The molecule has 2 aromatic rings. The van der Waals surface area contributed by atoms with Gasteiger partial charge in [0.25, 0.3) is 0 Å². The van der Waals surface area contributed by atoms with Crippen LogP contribution in [0.15, 0.2) is 54.6 Å². The molecule has 2 aromatic carbocycles. The molecule has 0 N–H and O–H groups in total. The summed E-state index contributed by atoms with van der Waals surface area (Å²) in [6, 6.07) is 18.0. The third kappa shape index (κ3) is 5.70. The van der Waals surface area contributed by atoms with Crippen molar-refractivity contribution in [1.82, 2.24) is 4.90 Å². The maximum absolute atomic E-state index is 11.9. The highest BCUT2D eigenvalue weighted by Crippen LogP contribution is 2.17. The number of esters is 1. The summed E-state index contributed by atoms with van der Waals surface area (Å²) in [6.07, 6.45) is 0.657. The van der Waals surface area contributed by atoms with Crippen molar-refractivity contribution in [3.05, 3.63) is 65.7 Å². The Hall–Kier alpha value is -2.33. The van der Waals surface area contributed by atoms with E-state index in [9.17, 15) is 4.79 Å². The lowest BCUT2D eigenvalue weighted by atomic mass is 9.99. The molecule has 0 saturated heterocycles. The van der Waals surface area contributed by atoms with E-state index in [2.05, 4.69) is 0 Å². The third-order valence-corrected chi connectivity index (χ3v) is 3.77. The van der Waals surface area contributed by atoms with Gasteiger partial charge in [-0.25, -0.2) is 0 Å². The second-order valence-electron chi connectivity index (χ2n) is 6.10. The molecular weight excluding hydrogens is 302 g/mol. The first kappa shape index (κ1) is 18.0. The second kappa shape index (κ2) is 9.08. The van der Waals surface area contributed by atoms with Gasteiger partial charge in [-0.1, -0.05) is 42.5 Å². The topological polar surface area (TPSA) is 38.8 Å². The quantitative estimate of drug-likeness (QED) is 0.698. The van der Waals surface area contributed by atoms with Gasteiger partial charge in [0.2, 0.25) is 0 Å². The van der Waals surface area contributed by atoms with Crippen molar-refractivity contribution in [3.8, 4) is 5.75 Å². The zero-order valence-corrected chi connectivity index (χ0v) is 14.6. The monoisotopic (exact) mass is 327 g/mol. The normalized spacial score (nSPS) is 12.0. The predicted octanol–water partition coefficient (Wildman–Crippen LogP) is 3.16. The van der Waals surface area contributed by atoms with Gasteiger partial charge in [-0.15, -0.1) is 0 Å². The van der Waals surface area contributed by atoms with E-state index in [4.69, 9.17) is 9.47 Å². The average Bonchev–Trinajstić information content (AvgIpc) is 2.60. The molecule has 0 aliphatic carbocycles. The molecule has 0 bridgehead atoms. The Morgan fingerprint density at radius 3 is 2.25 bits per heavy atom. The van der Waals surface area contributed by atoms with Gasteiger partial charge in [0.15, 0.2) is 0 Å². The zero-order chi connectivity index (χ0) is 17.4. The molecule has 0 amide bonds. The number of carbonyl (C=O) groups is 1. The average molecular weight is 327 g/mol. The molecular formula is C20H25NO3. The number of carbonyl (C=O) groups excluding carboxylic acids is 1. The van der Waals surface area contributed by atoms with E-state index in [1.807, 2.05) is 73.6 Å². The summed E-state index contributed by atoms with van der Waals surface area (Å²) >= 11 is 0. The van der Waals surface area contributed by atoms with Crippen LogP contribution in [0.4, 0.5) is 0 Å². The van der Waals surface area contributed by atoms with Gasteiger partial charge in [0.1, 0.15) is 12.4 Å². The Labute approximate surface area is 144 Å². The molecule has 128 valence electrons. The van der Waals surface area contributed by atoms with E-state index in [0.29, 0.717) is 19.6 Å². The van der Waals surface area contributed by atoms with Crippen molar-refractivity contribution in [2.45, 2.75) is 13.0 Å². The van der Waals surface area contributed by atoms with Crippen LogP contribution in [0.2, 0.25) is 0 Å².